The van der Waals surface area contributed by atoms with Gasteiger partial charge < -0.3 is 10.6 Å². The maximum Gasteiger partial charge on any atom is 0.274 e. The average molecular weight is 232 g/mol. The second-order valence-corrected chi connectivity index (χ2v) is 3.85. The average Bonchev–Trinajstić information content (AvgIpc) is 2.73. The molecule has 90 valence electrons. The number of anilines is 1. The minimum Gasteiger partial charge on any atom is -0.399 e. The highest BCUT2D eigenvalue weighted by atomic mass is 16.2. The molecule has 0 aliphatic carbocycles. The van der Waals surface area contributed by atoms with Crippen LogP contribution in [0.2, 0.25) is 0 Å². The quantitative estimate of drug-likeness (QED) is 0.790. The molecule has 0 aliphatic heterocycles. The Bertz CT molecular complexity index is 542. The van der Waals surface area contributed by atoms with Gasteiger partial charge in [0.1, 0.15) is 0 Å². The first-order valence-electron chi connectivity index (χ1n) is 5.70. The number of aromatic nitrogens is 2. The molecule has 0 spiro atoms. The van der Waals surface area contributed by atoms with Crippen molar-refractivity contribution in [2.24, 2.45) is 0 Å². The zero-order valence-corrected chi connectivity index (χ0v) is 10.0. The van der Waals surface area contributed by atoms with Gasteiger partial charge in [0.05, 0.1) is 5.52 Å². The molecular formula is C12H16N4O. The maximum absolute atomic E-state index is 12.2. The monoisotopic (exact) mass is 232 g/mol. The third kappa shape index (κ3) is 1.95. The highest BCUT2D eigenvalue weighted by Gasteiger charge is 2.18. The van der Waals surface area contributed by atoms with Gasteiger partial charge in [-0.3, -0.25) is 9.89 Å². The summed E-state index contributed by atoms with van der Waals surface area (Å²) in [6.45, 7) is 5.24. The predicted octanol–water partition coefficient (Wildman–Crippen LogP) is 1.63. The van der Waals surface area contributed by atoms with Crippen molar-refractivity contribution in [1.82, 2.24) is 15.1 Å². The summed E-state index contributed by atoms with van der Waals surface area (Å²) < 4.78 is 0. The first-order valence-corrected chi connectivity index (χ1v) is 5.70. The SMILES string of the molecule is CCN(CC)C(=O)c1n[nH]c2ccc(N)cc12. The summed E-state index contributed by atoms with van der Waals surface area (Å²) in [7, 11) is 0. The van der Waals surface area contributed by atoms with E-state index in [4.69, 9.17) is 5.73 Å². The Morgan fingerprint density at radius 1 is 1.41 bits per heavy atom. The van der Waals surface area contributed by atoms with E-state index in [1.807, 2.05) is 19.9 Å². The summed E-state index contributed by atoms with van der Waals surface area (Å²) in [5, 5.41) is 7.71. The van der Waals surface area contributed by atoms with E-state index < -0.39 is 0 Å². The molecule has 3 N–H and O–H groups in total. The molecule has 0 saturated carbocycles. The third-order valence-corrected chi connectivity index (χ3v) is 2.84. The van der Waals surface area contributed by atoms with E-state index in [1.54, 1.807) is 17.0 Å². The summed E-state index contributed by atoms with van der Waals surface area (Å²) in [6.07, 6.45) is 0. The van der Waals surface area contributed by atoms with Gasteiger partial charge in [0, 0.05) is 24.2 Å². The number of amides is 1. The fraction of sp³-hybridized carbons (Fsp3) is 0.333. The van der Waals surface area contributed by atoms with E-state index in [0.29, 0.717) is 24.5 Å². The molecule has 0 fully saturated rings. The van der Waals surface area contributed by atoms with Gasteiger partial charge in [0.25, 0.3) is 5.91 Å². The molecule has 5 heteroatoms. The number of carbonyl (C=O) groups excluding carboxylic acids is 1. The van der Waals surface area contributed by atoms with Crippen LogP contribution < -0.4 is 5.73 Å². The number of nitrogen functional groups attached to an aromatic ring is 1. The number of hydrogen-bond donors (Lipinski definition) is 2. The lowest BCUT2D eigenvalue weighted by molar-refractivity contribution is 0.0769. The van der Waals surface area contributed by atoms with E-state index in [0.717, 1.165) is 10.9 Å². The van der Waals surface area contributed by atoms with Gasteiger partial charge >= 0.3 is 0 Å². The number of carbonyl (C=O) groups is 1. The Labute approximate surface area is 99.6 Å². The summed E-state index contributed by atoms with van der Waals surface area (Å²) in [4.78, 5) is 13.9. The van der Waals surface area contributed by atoms with E-state index in [2.05, 4.69) is 10.2 Å². The van der Waals surface area contributed by atoms with Gasteiger partial charge in [-0.1, -0.05) is 0 Å². The van der Waals surface area contributed by atoms with Crippen LogP contribution in [0.15, 0.2) is 18.2 Å². The zero-order valence-electron chi connectivity index (χ0n) is 10.0. The number of rotatable bonds is 3. The normalized spacial score (nSPS) is 10.7. The minimum absolute atomic E-state index is 0.0631. The fourth-order valence-electron chi connectivity index (χ4n) is 1.86. The minimum atomic E-state index is -0.0631. The molecule has 2 aromatic rings. The van der Waals surface area contributed by atoms with E-state index >= 15 is 0 Å². The van der Waals surface area contributed by atoms with Gasteiger partial charge in [-0.05, 0) is 32.0 Å². The highest BCUT2D eigenvalue weighted by molar-refractivity contribution is 6.05. The highest BCUT2D eigenvalue weighted by Crippen LogP contribution is 2.20. The van der Waals surface area contributed by atoms with Crippen LogP contribution in [0.3, 0.4) is 0 Å². The number of benzene rings is 1. The number of fused-ring (bicyclic) bond motifs is 1. The van der Waals surface area contributed by atoms with Crippen LogP contribution in [0.25, 0.3) is 10.9 Å². The van der Waals surface area contributed by atoms with Crippen molar-refractivity contribution in [3.8, 4) is 0 Å². The van der Waals surface area contributed by atoms with Crippen molar-refractivity contribution < 1.29 is 4.79 Å². The van der Waals surface area contributed by atoms with Crippen LogP contribution in [0.1, 0.15) is 24.3 Å². The van der Waals surface area contributed by atoms with Crippen molar-refractivity contribution >= 4 is 22.5 Å². The standard InChI is InChI=1S/C12H16N4O/c1-3-16(4-2)12(17)11-9-7-8(13)5-6-10(9)14-15-11/h5-7H,3-4,13H2,1-2H3,(H,14,15). The molecule has 5 nitrogen and oxygen atoms in total. The van der Waals surface area contributed by atoms with Crippen molar-refractivity contribution in [3.63, 3.8) is 0 Å². The summed E-state index contributed by atoms with van der Waals surface area (Å²) in [5.74, 6) is -0.0631. The van der Waals surface area contributed by atoms with Gasteiger partial charge in [-0.2, -0.15) is 5.10 Å². The van der Waals surface area contributed by atoms with Crippen molar-refractivity contribution in [2.75, 3.05) is 18.8 Å². The molecule has 1 amide bonds. The largest absolute Gasteiger partial charge is 0.399 e. The molecule has 2 rings (SSSR count). The molecule has 1 aromatic carbocycles. The van der Waals surface area contributed by atoms with Gasteiger partial charge in [0.15, 0.2) is 5.69 Å². The molecular weight excluding hydrogens is 216 g/mol. The fourth-order valence-corrected chi connectivity index (χ4v) is 1.86. The first kappa shape index (κ1) is 11.4. The number of H-pyrrole nitrogens is 1. The Morgan fingerprint density at radius 3 is 2.76 bits per heavy atom. The lowest BCUT2D eigenvalue weighted by Crippen LogP contribution is -2.30. The van der Waals surface area contributed by atoms with E-state index in [1.165, 1.54) is 0 Å². The van der Waals surface area contributed by atoms with Crippen LogP contribution in [0.5, 0.6) is 0 Å². The second-order valence-electron chi connectivity index (χ2n) is 3.85. The van der Waals surface area contributed by atoms with Crippen molar-refractivity contribution in [3.05, 3.63) is 23.9 Å². The smallest absolute Gasteiger partial charge is 0.274 e. The van der Waals surface area contributed by atoms with E-state index in [9.17, 15) is 4.79 Å². The van der Waals surface area contributed by atoms with Crippen molar-refractivity contribution in [2.45, 2.75) is 13.8 Å². The molecule has 0 aliphatic rings. The van der Waals surface area contributed by atoms with Gasteiger partial charge in [0.2, 0.25) is 0 Å². The molecule has 1 aromatic heterocycles. The summed E-state index contributed by atoms with van der Waals surface area (Å²) in [5.41, 5.74) is 7.63. The molecule has 0 unspecified atom stereocenters. The van der Waals surface area contributed by atoms with Crippen LogP contribution in [0.4, 0.5) is 5.69 Å². The lowest BCUT2D eigenvalue weighted by Gasteiger charge is -2.17. The summed E-state index contributed by atoms with van der Waals surface area (Å²) >= 11 is 0. The first-order chi connectivity index (χ1) is 8.17. The number of nitrogens with zero attached hydrogens (tertiary/aromatic N) is 2. The van der Waals surface area contributed by atoms with Gasteiger partial charge in [-0.25, -0.2) is 0 Å². The van der Waals surface area contributed by atoms with E-state index in [-0.39, 0.29) is 5.91 Å². The lowest BCUT2D eigenvalue weighted by atomic mass is 10.1. The molecule has 17 heavy (non-hydrogen) atoms. The number of nitrogens with two attached hydrogens (primary N) is 1. The maximum atomic E-state index is 12.2. The van der Waals surface area contributed by atoms with Crippen LogP contribution in [0, 0.1) is 0 Å². The second kappa shape index (κ2) is 4.45. The number of nitrogens with one attached hydrogen (secondary N) is 1. The Hall–Kier alpha value is -2.04. The molecule has 1 heterocycles. The third-order valence-electron chi connectivity index (χ3n) is 2.84. The molecule has 0 saturated heterocycles. The van der Waals surface area contributed by atoms with Crippen molar-refractivity contribution in [1.29, 1.82) is 0 Å². The zero-order chi connectivity index (χ0) is 12.4. The van der Waals surface area contributed by atoms with Gasteiger partial charge in [-0.15, -0.1) is 0 Å². The van der Waals surface area contributed by atoms with Crippen LogP contribution in [-0.2, 0) is 0 Å². The Balaban J connectivity index is 2.48. The molecule has 0 bridgehead atoms. The molecule has 0 radical (unpaired) electrons. The number of hydrogen-bond acceptors (Lipinski definition) is 3. The Morgan fingerprint density at radius 2 is 2.12 bits per heavy atom. The summed E-state index contributed by atoms with van der Waals surface area (Å²) in [6, 6.07) is 5.39. The van der Waals surface area contributed by atoms with Crippen LogP contribution >= 0.6 is 0 Å². The number of aromatic amines is 1. The Kier molecular flexibility index (Phi) is 2.99. The topological polar surface area (TPSA) is 75.0 Å². The molecule has 0 atom stereocenters. The van der Waals surface area contributed by atoms with Crippen LogP contribution in [-0.4, -0.2) is 34.1 Å². The predicted molar refractivity (Wildman–Crippen MR) is 67.8 cm³/mol.